The van der Waals surface area contributed by atoms with Gasteiger partial charge in [0.15, 0.2) is 0 Å². The molecule has 0 fully saturated rings. The Kier molecular flexibility index (Phi) is 5.63. The number of aliphatic hydroxyl groups excluding tert-OH is 1. The van der Waals surface area contributed by atoms with Gasteiger partial charge >= 0.3 is 0 Å². The Morgan fingerprint density at radius 3 is 2.80 bits per heavy atom. The van der Waals surface area contributed by atoms with E-state index in [9.17, 15) is 0 Å². The molecule has 0 spiro atoms. The van der Waals surface area contributed by atoms with Crippen LogP contribution in [-0.2, 0) is 4.74 Å². The summed E-state index contributed by atoms with van der Waals surface area (Å²) in [6.07, 6.45) is 6.34. The van der Waals surface area contributed by atoms with Gasteiger partial charge in [0.1, 0.15) is 0 Å². The van der Waals surface area contributed by atoms with Gasteiger partial charge in [-0.15, -0.1) is 6.58 Å². The van der Waals surface area contributed by atoms with E-state index < -0.39 is 0 Å². The Labute approximate surface area is 61.8 Å². The molecule has 0 aromatic heterocycles. The summed E-state index contributed by atoms with van der Waals surface area (Å²) in [5.74, 6) is 0.00376. The van der Waals surface area contributed by atoms with Crippen molar-refractivity contribution in [3.63, 3.8) is 0 Å². The van der Waals surface area contributed by atoms with Crippen LogP contribution in [0.25, 0.3) is 0 Å². The van der Waals surface area contributed by atoms with E-state index in [0.717, 1.165) is 19.3 Å². The molecule has 2 nitrogen and oxygen atoms in total. The second kappa shape index (κ2) is 6.20. The molecule has 0 unspecified atom stereocenters. The lowest BCUT2D eigenvalue weighted by Crippen LogP contribution is -1.82. The highest BCUT2D eigenvalue weighted by atomic mass is 16.6. The Bertz CT molecular complexity index is 116. The van der Waals surface area contributed by atoms with Gasteiger partial charge in [-0.2, -0.15) is 0 Å². The van der Waals surface area contributed by atoms with Crippen LogP contribution in [0.15, 0.2) is 24.7 Å². The zero-order valence-electron chi connectivity index (χ0n) is 6.34. The van der Waals surface area contributed by atoms with Crippen LogP contribution in [0.3, 0.4) is 0 Å². The standard InChI is InChI=1S/C8H14O2/c1-3-4-5-6-7-8(9)10-2/h3,7,9H,1,4-6H2,2H3/b8-7-. The summed E-state index contributed by atoms with van der Waals surface area (Å²) in [5, 5.41) is 8.77. The van der Waals surface area contributed by atoms with E-state index in [1.807, 2.05) is 6.08 Å². The molecule has 0 heterocycles. The maximum absolute atomic E-state index is 8.77. The van der Waals surface area contributed by atoms with Crippen LogP contribution in [0.2, 0.25) is 0 Å². The molecule has 0 rings (SSSR count). The first-order valence-electron chi connectivity index (χ1n) is 3.35. The van der Waals surface area contributed by atoms with Crippen LogP contribution in [-0.4, -0.2) is 12.2 Å². The fourth-order valence-electron chi connectivity index (χ4n) is 0.571. The minimum atomic E-state index is 0.00376. The Balaban J connectivity index is 3.24. The van der Waals surface area contributed by atoms with Gasteiger partial charge in [0.2, 0.25) is 0 Å². The first-order valence-corrected chi connectivity index (χ1v) is 3.35. The molecule has 0 aliphatic carbocycles. The number of hydrogen-bond acceptors (Lipinski definition) is 2. The van der Waals surface area contributed by atoms with Gasteiger partial charge in [0.25, 0.3) is 5.95 Å². The first-order chi connectivity index (χ1) is 4.81. The van der Waals surface area contributed by atoms with Crippen molar-refractivity contribution in [1.29, 1.82) is 0 Å². The summed E-state index contributed by atoms with van der Waals surface area (Å²) in [6.45, 7) is 3.58. The van der Waals surface area contributed by atoms with Crippen molar-refractivity contribution in [2.75, 3.05) is 7.11 Å². The van der Waals surface area contributed by atoms with Gasteiger partial charge in [-0.05, 0) is 25.3 Å². The van der Waals surface area contributed by atoms with Gasteiger partial charge in [-0.1, -0.05) is 6.08 Å². The van der Waals surface area contributed by atoms with Crippen molar-refractivity contribution < 1.29 is 9.84 Å². The minimum Gasteiger partial charge on any atom is -0.481 e. The molecule has 0 amide bonds. The highest BCUT2D eigenvalue weighted by molar-refractivity contribution is 4.81. The largest absolute Gasteiger partial charge is 0.481 e. The van der Waals surface area contributed by atoms with Crippen LogP contribution in [0.5, 0.6) is 0 Å². The van der Waals surface area contributed by atoms with Crippen LogP contribution >= 0.6 is 0 Å². The van der Waals surface area contributed by atoms with Gasteiger partial charge in [0.05, 0.1) is 7.11 Å². The molecule has 0 saturated carbocycles. The van der Waals surface area contributed by atoms with Gasteiger partial charge in [-0.25, -0.2) is 0 Å². The molecular weight excluding hydrogens is 128 g/mol. The minimum absolute atomic E-state index is 0.00376. The van der Waals surface area contributed by atoms with Gasteiger partial charge < -0.3 is 9.84 Å². The van der Waals surface area contributed by atoms with Crippen molar-refractivity contribution in [3.05, 3.63) is 24.7 Å². The van der Waals surface area contributed by atoms with E-state index in [4.69, 9.17) is 5.11 Å². The van der Waals surface area contributed by atoms with E-state index in [0.29, 0.717) is 0 Å². The summed E-state index contributed by atoms with van der Waals surface area (Å²) in [7, 11) is 1.44. The molecule has 0 aliphatic rings. The number of rotatable bonds is 5. The Hall–Kier alpha value is -0.920. The molecule has 0 bridgehead atoms. The first kappa shape index (κ1) is 9.08. The Morgan fingerprint density at radius 2 is 2.30 bits per heavy atom. The smallest absolute Gasteiger partial charge is 0.272 e. The molecule has 0 radical (unpaired) electrons. The lowest BCUT2D eigenvalue weighted by atomic mass is 10.2. The summed E-state index contributed by atoms with van der Waals surface area (Å²) in [6, 6.07) is 0. The number of ether oxygens (including phenoxy) is 1. The van der Waals surface area contributed by atoms with E-state index in [1.54, 1.807) is 6.08 Å². The zero-order valence-corrected chi connectivity index (χ0v) is 6.34. The maximum Gasteiger partial charge on any atom is 0.272 e. The van der Waals surface area contributed by atoms with E-state index >= 15 is 0 Å². The number of allylic oxidation sites excluding steroid dienone is 2. The summed E-state index contributed by atoms with van der Waals surface area (Å²) >= 11 is 0. The highest BCUT2D eigenvalue weighted by Gasteiger charge is 1.86. The van der Waals surface area contributed by atoms with Crippen LogP contribution in [0.1, 0.15) is 19.3 Å². The lowest BCUT2D eigenvalue weighted by molar-refractivity contribution is 0.134. The molecule has 58 valence electrons. The number of unbranched alkanes of at least 4 members (excludes halogenated alkanes) is 2. The third kappa shape index (κ3) is 5.22. The third-order valence-electron chi connectivity index (χ3n) is 1.14. The Morgan fingerprint density at radius 1 is 1.60 bits per heavy atom. The quantitative estimate of drug-likeness (QED) is 0.363. The molecule has 0 aromatic carbocycles. The number of hydrogen-bond donors (Lipinski definition) is 1. The van der Waals surface area contributed by atoms with Crippen molar-refractivity contribution in [1.82, 2.24) is 0 Å². The average molecular weight is 142 g/mol. The fraction of sp³-hybridized carbons (Fsp3) is 0.500. The predicted octanol–water partition coefficient (Wildman–Crippen LogP) is 2.39. The summed E-state index contributed by atoms with van der Waals surface area (Å²) in [4.78, 5) is 0. The van der Waals surface area contributed by atoms with Gasteiger partial charge in [-0.3, -0.25) is 0 Å². The summed E-state index contributed by atoms with van der Waals surface area (Å²) in [5.41, 5.74) is 0. The second-order valence-electron chi connectivity index (χ2n) is 1.97. The third-order valence-corrected chi connectivity index (χ3v) is 1.14. The zero-order chi connectivity index (χ0) is 7.82. The molecule has 0 aromatic rings. The van der Waals surface area contributed by atoms with Crippen molar-refractivity contribution in [3.8, 4) is 0 Å². The molecule has 0 saturated heterocycles. The number of aliphatic hydroxyl groups is 1. The van der Waals surface area contributed by atoms with Crippen LogP contribution in [0.4, 0.5) is 0 Å². The van der Waals surface area contributed by atoms with Gasteiger partial charge in [0, 0.05) is 0 Å². The van der Waals surface area contributed by atoms with E-state index in [-0.39, 0.29) is 5.95 Å². The van der Waals surface area contributed by atoms with Crippen LogP contribution < -0.4 is 0 Å². The topological polar surface area (TPSA) is 29.5 Å². The SMILES string of the molecule is C=CCCC/C=C(/O)OC. The molecule has 0 aliphatic heterocycles. The molecular formula is C8H14O2. The molecule has 2 heteroatoms. The average Bonchev–Trinajstić information content (AvgIpc) is 1.98. The second-order valence-corrected chi connectivity index (χ2v) is 1.97. The van der Waals surface area contributed by atoms with Crippen molar-refractivity contribution in [2.24, 2.45) is 0 Å². The molecule has 0 atom stereocenters. The van der Waals surface area contributed by atoms with E-state index in [2.05, 4.69) is 11.3 Å². The predicted molar refractivity (Wildman–Crippen MR) is 41.8 cm³/mol. The number of methoxy groups -OCH3 is 1. The highest BCUT2D eigenvalue weighted by Crippen LogP contribution is 1.99. The maximum atomic E-state index is 8.77. The molecule has 1 N–H and O–H groups in total. The lowest BCUT2D eigenvalue weighted by Gasteiger charge is -1.94. The molecule has 10 heavy (non-hydrogen) atoms. The monoisotopic (exact) mass is 142 g/mol. The van der Waals surface area contributed by atoms with Crippen molar-refractivity contribution >= 4 is 0 Å². The van der Waals surface area contributed by atoms with Crippen molar-refractivity contribution in [2.45, 2.75) is 19.3 Å². The normalized spacial score (nSPS) is 11.1. The summed E-state index contributed by atoms with van der Waals surface area (Å²) < 4.78 is 4.52. The fourth-order valence-corrected chi connectivity index (χ4v) is 0.571. The van der Waals surface area contributed by atoms with Crippen LogP contribution in [0, 0.1) is 0 Å². The van der Waals surface area contributed by atoms with E-state index in [1.165, 1.54) is 7.11 Å².